The number of amides is 1. The molecule has 1 saturated carbocycles. The molecule has 1 fully saturated rings. The molecule has 1 amide bonds. The van der Waals surface area contributed by atoms with Gasteiger partial charge in [-0.2, -0.15) is 0 Å². The molecule has 0 spiro atoms. The van der Waals surface area contributed by atoms with Crippen LogP contribution in [0.2, 0.25) is 10.0 Å². The average molecular weight is 387 g/mol. The molecule has 1 aliphatic rings. The number of likely N-dealkylation sites (N-methyl/N-ethyl adjacent to an activating group) is 2. The monoisotopic (exact) mass is 386 g/mol. The summed E-state index contributed by atoms with van der Waals surface area (Å²) in [5.41, 5.74) is 0.509. The molecule has 25 heavy (non-hydrogen) atoms. The van der Waals surface area contributed by atoms with Gasteiger partial charge in [-0.05, 0) is 38.1 Å². The van der Waals surface area contributed by atoms with Gasteiger partial charge in [-0.3, -0.25) is 9.59 Å². The fourth-order valence-electron chi connectivity index (χ4n) is 3.48. The van der Waals surface area contributed by atoms with E-state index in [1.165, 1.54) is 0 Å². The number of carboxylic acid groups (broad SMARTS) is 1. The number of benzene rings is 1. The van der Waals surface area contributed by atoms with E-state index in [0.29, 0.717) is 22.2 Å². The molecular formula is C18H24Cl2N2O3. The molecule has 0 aromatic heterocycles. The summed E-state index contributed by atoms with van der Waals surface area (Å²) in [6, 6.07) is 5.11. The Morgan fingerprint density at radius 2 is 1.76 bits per heavy atom. The van der Waals surface area contributed by atoms with Gasteiger partial charge in [0.05, 0.1) is 16.5 Å². The molecule has 2 unspecified atom stereocenters. The van der Waals surface area contributed by atoms with Crippen molar-refractivity contribution in [2.75, 3.05) is 20.6 Å². The SMILES string of the molecule is CN(CCC(=O)O)C1CCCCC1N(C)C(=O)c1ccc(Cl)c(Cl)c1. The molecule has 1 aromatic carbocycles. The van der Waals surface area contributed by atoms with Gasteiger partial charge in [0.1, 0.15) is 0 Å². The summed E-state index contributed by atoms with van der Waals surface area (Å²) in [5.74, 6) is -0.901. The van der Waals surface area contributed by atoms with Crippen LogP contribution in [-0.2, 0) is 4.79 Å². The van der Waals surface area contributed by atoms with Gasteiger partial charge < -0.3 is 14.9 Å². The van der Waals surface area contributed by atoms with E-state index in [1.54, 1.807) is 30.1 Å². The molecule has 5 nitrogen and oxygen atoms in total. The summed E-state index contributed by atoms with van der Waals surface area (Å²) in [6.45, 7) is 0.477. The lowest BCUT2D eigenvalue weighted by Crippen LogP contribution is -2.53. The molecule has 2 atom stereocenters. The van der Waals surface area contributed by atoms with E-state index in [1.807, 2.05) is 7.05 Å². The first-order chi connectivity index (χ1) is 11.8. The number of aliphatic carboxylic acids is 1. The van der Waals surface area contributed by atoms with E-state index in [0.717, 1.165) is 25.7 Å². The normalized spacial score (nSPS) is 20.5. The Balaban J connectivity index is 2.13. The van der Waals surface area contributed by atoms with E-state index < -0.39 is 5.97 Å². The number of halogens is 2. The first kappa shape index (κ1) is 20.0. The third-order valence-corrected chi connectivity index (χ3v) is 5.66. The second-order valence-electron chi connectivity index (χ2n) is 6.59. The molecule has 7 heteroatoms. The Bertz CT molecular complexity index is 639. The minimum absolute atomic E-state index is 0.0505. The fourth-order valence-corrected chi connectivity index (χ4v) is 3.78. The summed E-state index contributed by atoms with van der Waals surface area (Å²) in [5, 5.41) is 9.69. The third kappa shape index (κ3) is 5.09. The van der Waals surface area contributed by atoms with Crippen molar-refractivity contribution >= 4 is 35.1 Å². The molecule has 1 aliphatic carbocycles. The van der Waals surface area contributed by atoms with Gasteiger partial charge in [0.2, 0.25) is 0 Å². The molecule has 0 heterocycles. The van der Waals surface area contributed by atoms with Crippen LogP contribution >= 0.6 is 23.2 Å². The summed E-state index contributed by atoms with van der Waals surface area (Å²) in [6.07, 6.45) is 4.12. The minimum atomic E-state index is -0.806. The number of nitrogens with zero attached hydrogens (tertiary/aromatic N) is 2. The average Bonchev–Trinajstić information content (AvgIpc) is 2.60. The highest BCUT2D eigenvalue weighted by Crippen LogP contribution is 2.28. The summed E-state index contributed by atoms with van der Waals surface area (Å²) < 4.78 is 0. The van der Waals surface area contributed by atoms with Gasteiger partial charge in [0.25, 0.3) is 5.91 Å². The van der Waals surface area contributed by atoms with E-state index in [4.69, 9.17) is 28.3 Å². The number of rotatable bonds is 6. The second-order valence-corrected chi connectivity index (χ2v) is 7.40. The lowest BCUT2D eigenvalue weighted by molar-refractivity contribution is -0.137. The second kappa shape index (κ2) is 8.88. The van der Waals surface area contributed by atoms with Crippen LogP contribution in [0.3, 0.4) is 0 Å². The van der Waals surface area contributed by atoms with Crippen molar-refractivity contribution in [2.24, 2.45) is 0 Å². The molecule has 0 radical (unpaired) electrons. The molecule has 1 aromatic rings. The minimum Gasteiger partial charge on any atom is -0.481 e. The van der Waals surface area contributed by atoms with E-state index in [9.17, 15) is 9.59 Å². The first-order valence-electron chi connectivity index (χ1n) is 8.45. The van der Waals surface area contributed by atoms with Crippen molar-refractivity contribution in [3.63, 3.8) is 0 Å². The topological polar surface area (TPSA) is 60.9 Å². The van der Waals surface area contributed by atoms with Crippen molar-refractivity contribution in [1.29, 1.82) is 0 Å². The number of carbonyl (C=O) groups excluding carboxylic acids is 1. The van der Waals surface area contributed by atoms with E-state index in [2.05, 4.69) is 4.90 Å². The van der Waals surface area contributed by atoms with E-state index in [-0.39, 0.29) is 24.4 Å². The summed E-state index contributed by atoms with van der Waals surface area (Å²) in [7, 11) is 3.74. The van der Waals surface area contributed by atoms with Crippen LogP contribution in [0.15, 0.2) is 18.2 Å². The van der Waals surface area contributed by atoms with E-state index >= 15 is 0 Å². The molecular weight excluding hydrogens is 363 g/mol. The molecule has 1 N–H and O–H groups in total. The number of carboxylic acids is 1. The van der Waals surface area contributed by atoms with Gasteiger partial charge >= 0.3 is 5.97 Å². The molecule has 0 aliphatic heterocycles. The zero-order valence-corrected chi connectivity index (χ0v) is 16.1. The maximum absolute atomic E-state index is 12.9. The zero-order valence-electron chi connectivity index (χ0n) is 14.5. The smallest absolute Gasteiger partial charge is 0.304 e. The summed E-state index contributed by atoms with van der Waals surface area (Å²) in [4.78, 5) is 27.5. The number of carbonyl (C=O) groups is 2. The van der Waals surface area contributed by atoms with Gasteiger partial charge in [-0.25, -0.2) is 0 Å². The Kier molecular flexibility index (Phi) is 7.11. The van der Waals surface area contributed by atoms with Crippen molar-refractivity contribution in [3.8, 4) is 0 Å². The molecule has 0 saturated heterocycles. The number of hydrogen-bond acceptors (Lipinski definition) is 3. The van der Waals surface area contributed by atoms with Gasteiger partial charge in [0, 0.05) is 31.2 Å². The molecule has 138 valence electrons. The quantitative estimate of drug-likeness (QED) is 0.807. The maximum atomic E-state index is 12.9. The van der Waals surface area contributed by atoms with Crippen LogP contribution < -0.4 is 0 Å². The van der Waals surface area contributed by atoms with Crippen molar-refractivity contribution < 1.29 is 14.7 Å². The Morgan fingerprint density at radius 3 is 2.36 bits per heavy atom. The van der Waals surface area contributed by atoms with Gasteiger partial charge in [0.15, 0.2) is 0 Å². The molecule has 0 bridgehead atoms. The Labute approximate surface area is 158 Å². The van der Waals surface area contributed by atoms with Crippen LogP contribution in [0.25, 0.3) is 0 Å². The lowest BCUT2D eigenvalue weighted by atomic mass is 9.88. The number of hydrogen-bond donors (Lipinski definition) is 1. The molecule has 2 rings (SSSR count). The highest BCUT2D eigenvalue weighted by Gasteiger charge is 2.33. The lowest BCUT2D eigenvalue weighted by Gasteiger charge is -2.42. The first-order valence-corrected chi connectivity index (χ1v) is 9.21. The highest BCUT2D eigenvalue weighted by molar-refractivity contribution is 6.42. The highest BCUT2D eigenvalue weighted by atomic mass is 35.5. The van der Waals surface area contributed by atoms with Crippen molar-refractivity contribution in [1.82, 2.24) is 9.80 Å². The van der Waals surface area contributed by atoms with Crippen LogP contribution in [-0.4, -0.2) is 59.5 Å². The predicted octanol–water partition coefficient (Wildman–Crippen LogP) is 3.78. The summed E-state index contributed by atoms with van der Waals surface area (Å²) >= 11 is 12.0. The van der Waals surface area contributed by atoms with Crippen LogP contribution in [0.1, 0.15) is 42.5 Å². The zero-order chi connectivity index (χ0) is 18.6. The Hall–Kier alpha value is -1.30. The van der Waals surface area contributed by atoms with Crippen LogP contribution in [0, 0.1) is 0 Å². The van der Waals surface area contributed by atoms with Gasteiger partial charge in [-0.1, -0.05) is 36.0 Å². The van der Waals surface area contributed by atoms with Crippen molar-refractivity contribution in [2.45, 2.75) is 44.2 Å². The standard InChI is InChI=1S/C18H24Cl2N2O3/c1-21(10-9-17(23)24)15-5-3-4-6-16(15)22(2)18(25)12-7-8-13(19)14(20)11-12/h7-8,11,15-16H,3-6,9-10H2,1-2H3,(H,23,24). The Morgan fingerprint density at radius 1 is 1.12 bits per heavy atom. The van der Waals surface area contributed by atoms with Gasteiger partial charge in [-0.15, -0.1) is 0 Å². The predicted molar refractivity (Wildman–Crippen MR) is 99.5 cm³/mol. The van der Waals surface area contributed by atoms with Crippen LogP contribution in [0.4, 0.5) is 0 Å². The van der Waals surface area contributed by atoms with Crippen LogP contribution in [0.5, 0.6) is 0 Å². The fraction of sp³-hybridized carbons (Fsp3) is 0.556. The third-order valence-electron chi connectivity index (χ3n) is 4.92. The van der Waals surface area contributed by atoms with Crippen molar-refractivity contribution in [3.05, 3.63) is 33.8 Å². The maximum Gasteiger partial charge on any atom is 0.304 e. The largest absolute Gasteiger partial charge is 0.481 e.